The maximum atomic E-state index is 5.06. The van der Waals surface area contributed by atoms with E-state index in [2.05, 4.69) is 25.9 Å². The smallest absolute Gasteiger partial charge is 0.127 e. The van der Waals surface area contributed by atoms with Crippen LogP contribution in [-0.4, -0.2) is 18.8 Å². The Kier molecular flexibility index (Phi) is 4.46. The zero-order chi connectivity index (χ0) is 10.4. The Bertz CT molecular complexity index is 308. The highest BCUT2D eigenvalue weighted by Crippen LogP contribution is 2.13. The van der Waals surface area contributed by atoms with Crippen LogP contribution >= 0.6 is 15.9 Å². The molecule has 0 spiro atoms. The van der Waals surface area contributed by atoms with Gasteiger partial charge in [0.15, 0.2) is 0 Å². The summed E-state index contributed by atoms with van der Waals surface area (Å²) in [6.45, 7) is 0. The third kappa shape index (κ3) is 3.38. The Morgan fingerprint density at radius 1 is 1.29 bits per heavy atom. The number of halogens is 1. The van der Waals surface area contributed by atoms with Crippen LogP contribution in [0.2, 0.25) is 0 Å². The molecule has 0 saturated heterocycles. The summed E-state index contributed by atoms with van der Waals surface area (Å²) in [7, 11) is 3.17. The molecule has 4 heteroatoms. The van der Waals surface area contributed by atoms with Crippen LogP contribution in [0.25, 0.3) is 0 Å². The lowest BCUT2D eigenvalue weighted by molar-refractivity contribution is 0.214. The quantitative estimate of drug-likeness (QED) is 0.614. The average molecular weight is 258 g/mol. The third-order valence-corrected chi connectivity index (χ3v) is 2.12. The van der Waals surface area contributed by atoms with Crippen LogP contribution in [0, 0.1) is 0 Å². The molecule has 76 valence electrons. The average Bonchev–Trinajstić information content (AvgIpc) is 2.19. The van der Waals surface area contributed by atoms with Crippen LogP contribution in [0.3, 0.4) is 0 Å². The SMILES string of the molecule is CO/N=C(\Br)Cc1ccc(OC)cc1. The number of hydrogen-bond donors (Lipinski definition) is 0. The summed E-state index contributed by atoms with van der Waals surface area (Å²) in [5, 5.41) is 3.76. The van der Waals surface area contributed by atoms with Gasteiger partial charge in [-0.2, -0.15) is 0 Å². The van der Waals surface area contributed by atoms with Crippen LogP contribution < -0.4 is 4.74 Å². The second-order valence-corrected chi connectivity index (χ2v) is 3.59. The number of nitrogens with zero attached hydrogens (tertiary/aromatic N) is 1. The van der Waals surface area contributed by atoms with E-state index in [-0.39, 0.29) is 0 Å². The van der Waals surface area contributed by atoms with Crippen molar-refractivity contribution in [3.63, 3.8) is 0 Å². The van der Waals surface area contributed by atoms with E-state index in [1.165, 1.54) is 7.11 Å². The van der Waals surface area contributed by atoms with Crippen LogP contribution in [0.4, 0.5) is 0 Å². The standard InChI is InChI=1S/C10H12BrNO2/c1-13-9-5-3-8(4-6-9)7-10(11)12-14-2/h3-6H,7H2,1-2H3/b12-10-. The minimum atomic E-state index is 0.720. The minimum Gasteiger partial charge on any atom is -0.497 e. The Morgan fingerprint density at radius 3 is 2.43 bits per heavy atom. The van der Waals surface area contributed by atoms with Gasteiger partial charge in [0.25, 0.3) is 0 Å². The first-order valence-corrected chi connectivity index (χ1v) is 4.94. The fraction of sp³-hybridized carbons (Fsp3) is 0.300. The summed E-state index contributed by atoms with van der Waals surface area (Å²) in [6, 6.07) is 7.82. The van der Waals surface area contributed by atoms with Crippen molar-refractivity contribution in [1.29, 1.82) is 0 Å². The topological polar surface area (TPSA) is 30.8 Å². The molecule has 0 aromatic heterocycles. The van der Waals surface area contributed by atoms with Gasteiger partial charge in [-0.15, -0.1) is 0 Å². The summed E-state index contributed by atoms with van der Waals surface area (Å²) in [6.07, 6.45) is 0.720. The minimum absolute atomic E-state index is 0.720. The van der Waals surface area contributed by atoms with Crippen molar-refractivity contribution >= 4 is 20.6 Å². The van der Waals surface area contributed by atoms with Gasteiger partial charge in [-0.25, -0.2) is 0 Å². The molecule has 3 nitrogen and oxygen atoms in total. The second-order valence-electron chi connectivity index (χ2n) is 2.67. The normalized spacial score (nSPS) is 11.2. The van der Waals surface area contributed by atoms with Gasteiger partial charge in [0, 0.05) is 6.42 Å². The Morgan fingerprint density at radius 2 is 1.93 bits per heavy atom. The van der Waals surface area contributed by atoms with Crippen molar-refractivity contribution in [3.05, 3.63) is 29.8 Å². The molecule has 1 aromatic carbocycles. The van der Waals surface area contributed by atoms with E-state index in [0.29, 0.717) is 0 Å². The van der Waals surface area contributed by atoms with Crippen molar-refractivity contribution in [3.8, 4) is 5.75 Å². The molecule has 1 rings (SSSR count). The summed E-state index contributed by atoms with van der Waals surface area (Å²) in [5.74, 6) is 0.855. The molecule has 0 unspecified atom stereocenters. The van der Waals surface area contributed by atoms with Gasteiger partial charge in [-0.05, 0) is 33.6 Å². The number of hydrogen-bond acceptors (Lipinski definition) is 3. The largest absolute Gasteiger partial charge is 0.497 e. The van der Waals surface area contributed by atoms with Gasteiger partial charge >= 0.3 is 0 Å². The lowest BCUT2D eigenvalue weighted by Gasteiger charge is -2.01. The highest BCUT2D eigenvalue weighted by molar-refractivity contribution is 9.18. The van der Waals surface area contributed by atoms with Crippen LogP contribution in [0.15, 0.2) is 29.4 Å². The Labute approximate surface area is 91.8 Å². The van der Waals surface area contributed by atoms with Gasteiger partial charge in [-0.3, -0.25) is 0 Å². The Balaban J connectivity index is 2.64. The molecule has 0 atom stereocenters. The number of rotatable bonds is 4. The molecular formula is C10H12BrNO2. The van der Waals surface area contributed by atoms with Crippen molar-refractivity contribution in [2.75, 3.05) is 14.2 Å². The molecule has 14 heavy (non-hydrogen) atoms. The maximum absolute atomic E-state index is 5.06. The lowest BCUT2D eigenvalue weighted by atomic mass is 10.2. The molecule has 0 aliphatic heterocycles. The molecule has 0 fully saturated rings. The lowest BCUT2D eigenvalue weighted by Crippen LogP contribution is -1.94. The summed E-state index contributed by atoms with van der Waals surface area (Å²) < 4.78 is 5.82. The monoisotopic (exact) mass is 257 g/mol. The van der Waals surface area contributed by atoms with Crippen LogP contribution in [-0.2, 0) is 11.3 Å². The molecule has 0 saturated carbocycles. The van der Waals surface area contributed by atoms with E-state index >= 15 is 0 Å². The van der Waals surface area contributed by atoms with Gasteiger partial charge in [0.1, 0.15) is 17.5 Å². The van der Waals surface area contributed by atoms with Gasteiger partial charge in [0.05, 0.1) is 7.11 Å². The molecule has 0 bridgehead atoms. The van der Waals surface area contributed by atoms with E-state index in [1.807, 2.05) is 24.3 Å². The predicted molar refractivity (Wildman–Crippen MR) is 60.1 cm³/mol. The van der Waals surface area contributed by atoms with Gasteiger partial charge < -0.3 is 9.57 Å². The molecule has 0 aliphatic carbocycles. The Hall–Kier alpha value is -1.03. The highest BCUT2D eigenvalue weighted by Gasteiger charge is 1.98. The van der Waals surface area contributed by atoms with Gasteiger partial charge in [0.2, 0.25) is 0 Å². The third-order valence-electron chi connectivity index (χ3n) is 1.70. The molecule has 1 aromatic rings. The number of ether oxygens (including phenoxy) is 1. The highest BCUT2D eigenvalue weighted by atomic mass is 79.9. The maximum Gasteiger partial charge on any atom is 0.127 e. The van der Waals surface area contributed by atoms with Crippen molar-refractivity contribution in [1.82, 2.24) is 0 Å². The molecule has 0 radical (unpaired) electrons. The van der Waals surface area contributed by atoms with Crippen molar-refractivity contribution in [2.24, 2.45) is 5.16 Å². The first-order chi connectivity index (χ1) is 6.76. The second kappa shape index (κ2) is 5.65. The zero-order valence-corrected chi connectivity index (χ0v) is 9.74. The summed E-state index contributed by atoms with van der Waals surface area (Å²) in [5.41, 5.74) is 1.15. The molecule has 0 amide bonds. The molecule has 0 N–H and O–H groups in total. The van der Waals surface area contributed by atoms with E-state index in [9.17, 15) is 0 Å². The van der Waals surface area contributed by atoms with E-state index in [0.717, 1.165) is 22.4 Å². The fourth-order valence-electron chi connectivity index (χ4n) is 1.04. The van der Waals surface area contributed by atoms with Crippen molar-refractivity contribution in [2.45, 2.75) is 6.42 Å². The van der Waals surface area contributed by atoms with Gasteiger partial charge in [-0.1, -0.05) is 17.3 Å². The van der Waals surface area contributed by atoms with E-state index in [4.69, 9.17) is 4.74 Å². The predicted octanol–water partition coefficient (Wildman–Crippen LogP) is 2.59. The summed E-state index contributed by atoms with van der Waals surface area (Å²) >= 11 is 3.30. The first-order valence-electron chi connectivity index (χ1n) is 4.14. The number of methoxy groups -OCH3 is 1. The van der Waals surface area contributed by atoms with Crippen LogP contribution in [0.1, 0.15) is 5.56 Å². The molecule has 0 aliphatic rings. The fourth-order valence-corrected chi connectivity index (χ4v) is 1.51. The zero-order valence-electron chi connectivity index (χ0n) is 8.16. The van der Waals surface area contributed by atoms with E-state index in [1.54, 1.807) is 7.11 Å². The molecule has 0 heterocycles. The summed E-state index contributed by atoms with van der Waals surface area (Å²) in [4.78, 5) is 4.64. The van der Waals surface area contributed by atoms with E-state index < -0.39 is 0 Å². The molecular weight excluding hydrogens is 246 g/mol. The number of benzene rings is 1. The number of oxime groups is 1. The first kappa shape index (κ1) is 11.0. The van der Waals surface area contributed by atoms with Crippen LogP contribution in [0.5, 0.6) is 5.75 Å². The van der Waals surface area contributed by atoms with Crippen molar-refractivity contribution < 1.29 is 9.57 Å².